The van der Waals surface area contributed by atoms with Crippen molar-refractivity contribution >= 4 is 10.1 Å². The SMILES string of the molecule is CCCCCCCCCCCCCCS(=O)(=O)O.CNC. The van der Waals surface area contributed by atoms with Crippen molar-refractivity contribution in [2.45, 2.75) is 84.0 Å². The van der Waals surface area contributed by atoms with Gasteiger partial charge in [-0.1, -0.05) is 77.6 Å². The average molecular weight is 324 g/mol. The molecule has 0 saturated carbocycles. The smallest absolute Gasteiger partial charge is 0.264 e. The fourth-order valence-electron chi connectivity index (χ4n) is 2.13. The molecule has 0 aliphatic carbocycles. The first-order chi connectivity index (χ1) is 9.97. The van der Waals surface area contributed by atoms with Crippen molar-refractivity contribution in [3.05, 3.63) is 0 Å². The number of unbranched alkanes of at least 4 members (excludes halogenated alkanes) is 11. The van der Waals surface area contributed by atoms with Crippen LogP contribution in [0.15, 0.2) is 0 Å². The molecule has 2 N–H and O–H groups in total. The van der Waals surface area contributed by atoms with Crippen molar-refractivity contribution in [1.82, 2.24) is 5.32 Å². The Hall–Kier alpha value is -0.130. The van der Waals surface area contributed by atoms with E-state index in [4.69, 9.17) is 4.55 Å². The summed E-state index contributed by atoms with van der Waals surface area (Å²) in [5.41, 5.74) is 0. The second-order valence-electron chi connectivity index (χ2n) is 5.68. The summed E-state index contributed by atoms with van der Waals surface area (Å²) in [6.07, 6.45) is 14.5. The van der Waals surface area contributed by atoms with E-state index in [1.165, 1.54) is 57.8 Å². The molecular weight excluding hydrogens is 286 g/mol. The molecule has 0 saturated heterocycles. The van der Waals surface area contributed by atoms with Gasteiger partial charge >= 0.3 is 0 Å². The van der Waals surface area contributed by atoms with Crippen LogP contribution in [0, 0.1) is 0 Å². The van der Waals surface area contributed by atoms with Crippen LogP contribution in [0.5, 0.6) is 0 Å². The molecule has 130 valence electrons. The van der Waals surface area contributed by atoms with Gasteiger partial charge in [0.25, 0.3) is 10.1 Å². The second kappa shape index (κ2) is 17.9. The lowest BCUT2D eigenvalue weighted by molar-refractivity contribution is 0.478. The molecule has 0 aliphatic heterocycles. The molecule has 0 heterocycles. The molecule has 0 unspecified atom stereocenters. The van der Waals surface area contributed by atoms with E-state index in [0.717, 1.165) is 12.8 Å². The summed E-state index contributed by atoms with van der Waals surface area (Å²) >= 11 is 0. The van der Waals surface area contributed by atoms with Crippen molar-refractivity contribution in [2.24, 2.45) is 0 Å². The third kappa shape index (κ3) is 28.7. The maximum absolute atomic E-state index is 10.5. The quantitative estimate of drug-likeness (QED) is 0.389. The fraction of sp³-hybridized carbons (Fsp3) is 1.00. The summed E-state index contributed by atoms with van der Waals surface area (Å²) in [4.78, 5) is 0. The summed E-state index contributed by atoms with van der Waals surface area (Å²) < 4.78 is 29.5. The lowest BCUT2D eigenvalue weighted by Crippen LogP contribution is -2.03. The lowest BCUT2D eigenvalue weighted by Gasteiger charge is -2.02. The molecule has 0 atom stereocenters. The Labute approximate surface area is 132 Å². The second-order valence-corrected chi connectivity index (χ2v) is 7.25. The van der Waals surface area contributed by atoms with Crippen LogP contribution in [-0.4, -0.2) is 32.8 Å². The van der Waals surface area contributed by atoms with Gasteiger partial charge in [0.05, 0.1) is 5.75 Å². The van der Waals surface area contributed by atoms with Crippen LogP contribution in [0.2, 0.25) is 0 Å². The average Bonchev–Trinajstić information content (AvgIpc) is 2.40. The van der Waals surface area contributed by atoms with Crippen molar-refractivity contribution in [3.63, 3.8) is 0 Å². The molecule has 0 spiro atoms. The zero-order valence-corrected chi connectivity index (χ0v) is 15.2. The van der Waals surface area contributed by atoms with Crippen molar-refractivity contribution < 1.29 is 13.0 Å². The van der Waals surface area contributed by atoms with Gasteiger partial charge in [0.2, 0.25) is 0 Å². The Kier molecular flexibility index (Phi) is 19.7. The molecule has 0 amide bonds. The summed E-state index contributed by atoms with van der Waals surface area (Å²) in [5, 5.41) is 2.75. The van der Waals surface area contributed by atoms with E-state index in [1.807, 2.05) is 14.1 Å². The Morgan fingerprint density at radius 1 is 0.714 bits per heavy atom. The van der Waals surface area contributed by atoms with E-state index in [1.54, 1.807) is 0 Å². The van der Waals surface area contributed by atoms with E-state index in [-0.39, 0.29) is 5.75 Å². The zero-order chi connectivity index (χ0) is 16.4. The van der Waals surface area contributed by atoms with Gasteiger partial charge in [0, 0.05) is 0 Å². The molecule has 21 heavy (non-hydrogen) atoms. The molecule has 0 radical (unpaired) electrons. The van der Waals surface area contributed by atoms with Crippen LogP contribution in [-0.2, 0) is 10.1 Å². The van der Waals surface area contributed by atoms with Crippen LogP contribution >= 0.6 is 0 Å². The fourth-order valence-corrected chi connectivity index (χ4v) is 2.69. The standard InChI is InChI=1S/C14H30O3S.C2H7N/c1-2-3-4-5-6-7-8-9-10-11-12-13-14-18(15,16)17;1-3-2/h2-14H2,1H3,(H,15,16,17);3H,1-2H3. The molecule has 4 nitrogen and oxygen atoms in total. The Morgan fingerprint density at radius 3 is 1.29 bits per heavy atom. The summed E-state index contributed by atoms with van der Waals surface area (Å²) in [6, 6.07) is 0. The van der Waals surface area contributed by atoms with Crippen molar-refractivity contribution in [1.29, 1.82) is 0 Å². The van der Waals surface area contributed by atoms with Crippen LogP contribution in [0.25, 0.3) is 0 Å². The molecule has 0 rings (SSSR count). The number of hydrogen-bond donors (Lipinski definition) is 2. The minimum atomic E-state index is -3.74. The minimum absolute atomic E-state index is 0.0789. The van der Waals surface area contributed by atoms with Crippen molar-refractivity contribution in [3.8, 4) is 0 Å². The molecule has 0 aliphatic rings. The van der Waals surface area contributed by atoms with E-state index in [2.05, 4.69) is 12.2 Å². The van der Waals surface area contributed by atoms with Crippen molar-refractivity contribution in [2.75, 3.05) is 19.8 Å². The number of hydrogen-bond acceptors (Lipinski definition) is 3. The number of rotatable bonds is 13. The molecule has 0 aromatic heterocycles. The highest BCUT2D eigenvalue weighted by atomic mass is 32.2. The molecule has 0 fully saturated rings. The van der Waals surface area contributed by atoms with Gasteiger partial charge in [-0.15, -0.1) is 0 Å². The van der Waals surface area contributed by atoms with Gasteiger partial charge in [-0.3, -0.25) is 4.55 Å². The van der Waals surface area contributed by atoms with Crippen LogP contribution in [0.3, 0.4) is 0 Å². The molecular formula is C16H37NO3S. The van der Waals surface area contributed by atoms with Crippen LogP contribution in [0.1, 0.15) is 84.0 Å². The topological polar surface area (TPSA) is 66.4 Å². The van der Waals surface area contributed by atoms with Crippen LogP contribution < -0.4 is 5.32 Å². The Morgan fingerprint density at radius 2 is 1.00 bits per heavy atom. The largest absolute Gasteiger partial charge is 0.323 e. The lowest BCUT2D eigenvalue weighted by atomic mass is 10.1. The molecule has 0 bridgehead atoms. The summed E-state index contributed by atoms with van der Waals surface area (Å²) in [5.74, 6) is -0.0789. The molecule has 0 aromatic rings. The monoisotopic (exact) mass is 323 g/mol. The predicted octanol–water partition coefficient (Wildman–Crippen LogP) is 4.41. The van der Waals surface area contributed by atoms with Gasteiger partial charge < -0.3 is 5.32 Å². The summed E-state index contributed by atoms with van der Waals surface area (Å²) in [7, 11) is 0.0134. The summed E-state index contributed by atoms with van der Waals surface area (Å²) in [6.45, 7) is 2.24. The van der Waals surface area contributed by atoms with E-state index in [0.29, 0.717) is 6.42 Å². The first-order valence-electron chi connectivity index (χ1n) is 8.51. The van der Waals surface area contributed by atoms with E-state index in [9.17, 15) is 8.42 Å². The molecule has 5 heteroatoms. The normalized spacial score (nSPS) is 11.0. The third-order valence-corrected chi connectivity index (χ3v) is 4.06. The van der Waals surface area contributed by atoms with E-state index >= 15 is 0 Å². The Bertz CT molecular complexity index is 279. The van der Waals surface area contributed by atoms with E-state index < -0.39 is 10.1 Å². The van der Waals surface area contributed by atoms with Gasteiger partial charge in [-0.25, -0.2) is 0 Å². The number of nitrogens with one attached hydrogen (secondary N) is 1. The highest BCUT2D eigenvalue weighted by Gasteiger charge is 2.02. The molecule has 0 aromatic carbocycles. The highest BCUT2D eigenvalue weighted by molar-refractivity contribution is 7.85. The van der Waals surface area contributed by atoms with Gasteiger partial charge in [0.15, 0.2) is 0 Å². The zero-order valence-electron chi connectivity index (χ0n) is 14.4. The van der Waals surface area contributed by atoms with Gasteiger partial charge in [-0.2, -0.15) is 8.42 Å². The minimum Gasteiger partial charge on any atom is -0.323 e. The highest BCUT2D eigenvalue weighted by Crippen LogP contribution is 2.12. The van der Waals surface area contributed by atoms with Gasteiger partial charge in [0.1, 0.15) is 0 Å². The van der Waals surface area contributed by atoms with Gasteiger partial charge in [-0.05, 0) is 20.5 Å². The predicted molar refractivity (Wildman–Crippen MR) is 92.5 cm³/mol. The third-order valence-electron chi connectivity index (χ3n) is 3.26. The first kappa shape index (κ1) is 23.1. The first-order valence-corrected chi connectivity index (χ1v) is 10.1. The Balaban J connectivity index is 0. The maximum Gasteiger partial charge on any atom is 0.264 e. The van der Waals surface area contributed by atoms with Crippen LogP contribution in [0.4, 0.5) is 0 Å². The maximum atomic E-state index is 10.5.